The van der Waals surface area contributed by atoms with Crippen molar-refractivity contribution in [2.75, 3.05) is 25.0 Å². The molecule has 0 aromatic heterocycles. The van der Waals surface area contributed by atoms with E-state index in [1.807, 2.05) is 18.2 Å². The number of benzene rings is 1. The number of carbonyl (C=O) groups is 1. The van der Waals surface area contributed by atoms with Gasteiger partial charge in [0.25, 0.3) is 0 Å². The highest BCUT2D eigenvalue weighted by atomic mass is 16.3. The summed E-state index contributed by atoms with van der Waals surface area (Å²) in [5.41, 5.74) is 2.08. The second kappa shape index (κ2) is 8.30. The van der Waals surface area contributed by atoms with Gasteiger partial charge < -0.3 is 10.4 Å². The van der Waals surface area contributed by atoms with Crippen molar-refractivity contribution in [2.45, 2.75) is 51.5 Å². The Morgan fingerprint density at radius 1 is 1.36 bits per heavy atom. The molecule has 0 bridgehead atoms. The third-order valence-electron chi connectivity index (χ3n) is 4.41. The lowest BCUT2D eigenvalue weighted by Gasteiger charge is -2.35. The van der Waals surface area contributed by atoms with Crippen LogP contribution in [0.25, 0.3) is 0 Å². The first-order chi connectivity index (χ1) is 10.6. The van der Waals surface area contributed by atoms with Gasteiger partial charge in [0.15, 0.2) is 0 Å². The van der Waals surface area contributed by atoms with Crippen molar-refractivity contribution in [3.63, 3.8) is 0 Å². The average molecular weight is 304 g/mol. The Balaban J connectivity index is 1.97. The Bertz CT molecular complexity index is 486. The molecule has 1 aromatic carbocycles. The van der Waals surface area contributed by atoms with Gasteiger partial charge in [-0.3, -0.25) is 9.69 Å². The van der Waals surface area contributed by atoms with Gasteiger partial charge >= 0.3 is 0 Å². The monoisotopic (exact) mass is 304 g/mol. The fourth-order valence-corrected chi connectivity index (χ4v) is 3.23. The Labute approximate surface area is 133 Å². The minimum absolute atomic E-state index is 0.0398. The number of amides is 1. The van der Waals surface area contributed by atoms with Gasteiger partial charge in [-0.1, -0.05) is 38.5 Å². The summed E-state index contributed by atoms with van der Waals surface area (Å²) in [6.07, 6.45) is 4.17. The summed E-state index contributed by atoms with van der Waals surface area (Å²) in [5.74, 6) is 0.423. The quantitative estimate of drug-likeness (QED) is 0.849. The molecule has 0 saturated carbocycles. The summed E-state index contributed by atoms with van der Waals surface area (Å²) in [6.45, 7) is 5.82. The van der Waals surface area contributed by atoms with E-state index in [0.29, 0.717) is 18.5 Å². The van der Waals surface area contributed by atoms with Crippen LogP contribution in [0.3, 0.4) is 0 Å². The molecule has 4 nitrogen and oxygen atoms in total. The Morgan fingerprint density at radius 2 is 2.14 bits per heavy atom. The highest BCUT2D eigenvalue weighted by molar-refractivity contribution is 5.93. The van der Waals surface area contributed by atoms with E-state index in [4.69, 9.17) is 0 Å². The van der Waals surface area contributed by atoms with E-state index < -0.39 is 0 Å². The van der Waals surface area contributed by atoms with Crippen molar-refractivity contribution in [1.82, 2.24) is 4.90 Å². The molecule has 2 rings (SSSR count). The fourth-order valence-electron chi connectivity index (χ4n) is 3.23. The van der Waals surface area contributed by atoms with Crippen LogP contribution in [0.15, 0.2) is 24.3 Å². The number of para-hydroxylation sites is 1. The molecule has 1 aromatic rings. The van der Waals surface area contributed by atoms with Gasteiger partial charge in [0.2, 0.25) is 5.91 Å². The van der Waals surface area contributed by atoms with E-state index in [9.17, 15) is 9.90 Å². The van der Waals surface area contributed by atoms with Crippen LogP contribution in [0.1, 0.15) is 51.0 Å². The molecule has 2 N–H and O–H groups in total. The number of anilines is 1. The van der Waals surface area contributed by atoms with E-state index >= 15 is 0 Å². The van der Waals surface area contributed by atoms with Crippen molar-refractivity contribution < 1.29 is 9.90 Å². The van der Waals surface area contributed by atoms with Gasteiger partial charge in [-0.05, 0) is 43.4 Å². The van der Waals surface area contributed by atoms with E-state index in [1.165, 1.54) is 12.0 Å². The number of carbonyl (C=O) groups excluding carboxylic acids is 1. The number of hydrogen-bond acceptors (Lipinski definition) is 3. The topological polar surface area (TPSA) is 52.6 Å². The first-order valence-electron chi connectivity index (χ1n) is 8.35. The highest BCUT2D eigenvalue weighted by Gasteiger charge is 2.24. The molecule has 4 heteroatoms. The lowest BCUT2D eigenvalue weighted by atomic mass is 9.99. The normalized spacial score (nSPS) is 19.4. The average Bonchev–Trinajstić information content (AvgIpc) is 2.50. The number of likely N-dealkylation sites (tertiary alicyclic amines) is 1. The van der Waals surface area contributed by atoms with E-state index in [-0.39, 0.29) is 12.5 Å². The van der Waals surface area contributed by atoms with Gasteiger partial charge in [-0.25, -0.2) is 0 Å². The number of rotatable bonds is 6. The smallest absolute Gasteiger partial charge is 0.238 e. The summed E-state index contributed by atoms with van der Waals surface area (Å²) < 4.78 is 0. The fraction of sp³-hybridized carbons (Fsp3) is 0.611. The molecule has 1 unspecified atom stereocenters. The van der Waals surface area contributed by atoms with Crippen molar-refractivity contribution in [2.24, 2.45) is 0 Å². The molecular formula is C18H28N2O2. The van der Waals surface area contributed by atoms with E-state index in [0.717, 1.165) is 31.5 Å². The van der Waals surface area contributed by atoms with Crippen LogP contribution in [0, 0.1) is 0 Å². The predicted octanol–water partition coefficient (Wildman–Crippen LogP) is 2.99. The van der Waals surface area contributed by atoms with Crippen molar-refractivity contribution >= 4 is 11.6 Å². The molecular weight excluding hydrogens is 276 g/mol. The van der Waals surface area contributed by atoms with Gasteiger partial charge in [0, 0.05) is 18.3 Å². The summed E-state index contributed by atoms with van der Waals surface area (Å²) >= 11 is 0. The maximum Gasteiger partial charge on any atom is 0.238 e. The highest BCUT2D eigenvalue weighted by Crippen LogP contribution is 2.24. The molecule has 22 heavy (non-hydrogen) atoms. The van der Waals surface area contributed by atoms with Crippen LogP contribution in [-0.2, 0) is 4.79 Å². The van der Waals surface area contributed by atoms with Crippen molar-refractivity contribution in [3.8, 4) is 0 Å². The second-order valence-electron chi connectivity index (χ2n) is 6.42. The maximum atomic E-state index is 12.4. The number of hydrogen-bond donors (Lipinski definition) is 2. The minimum Gasteiger partial charge on any atom is -0.396 e. The van der Waals surface area contributed by atoms with Crippen LogP contribution in [0.2, 0.25) is 0 Å². The third kappa shape index (κ3) is 4.55. The van der Waals surface area contributed by atoms with Crippen LogP contribution in [0.4, 0.5) is 5.69 Å². The van der Waals surface area contributed by atoms with Crippen LogP contribution in [0.5, 0.6) is 0 Å². The van der Waals surface area contributed by atoms with Gasteiger partial charge in [-0.15, -0.1) is 0 Å². The van der Waals surface area contributed by atoms with Crippen molar-refractivity contribution in [3.05, 3.63) is 29.8 Å². The third-order valence-corrected chi connectivity index (χ3v) is 4.41. The van der Waals surface area contributed by atoms with Gasteiger partial charge in [0.1, 0.15) is 0 Å². The molecule has 122 valence electrons. The minimum atomic E-state index is 0.0398. The molecule has 0 spiro atoms. The zero-order valence-corrected chi connectivity index (χ0v) is 13.7. The predicted molar refractivity (Wildman–Crippen MR) is 90.1 cm³/mol. The number of aliphatic hydroxyl groups excluding tert-OH is 1. The van der Waals surface area contributed by atoms with Crippen LogP contribution >= 0.6 is 0 Å². The first-order valence-corrected chi connectivity index (χ1v) is 8.35. The largest absolute Gasteiger partial charge is 0.396 e. The molecule has 1 atom stereocenters. The molecule has 0 radical (unpaired) electrons. The van der Waals surface area contributed by atoms with Crippen molar-refractivity contribution in [1.29, 1.82) is 0 Å². The zero-order valence-electron chi connectivity index (χ0n) is 13.7. The summed E-state index contributed by atoms with van der Waals surface area (Å²) in [5, 5.41) is 12.2. The Hall–Kier alpha value is -1.39. The van der Waals surface area contributed by atoms with Crippen LogP contribution in [-0.4, -0.2) is 41.7 Å². The van der Waals surface area contributed by atoms with Crippen LogP contribution < -0.4 is 5.32 Å². The Morgan fingerprint density at radius 3 is 2.86 bits per heavy atom. The summed E-state index contributed by atoms with van der Waals surface area (Å²) in [6, 6.07) is 8.33. The maximum absolute atomic E-state index is 12.4. The molecule has 1 aliphatic rings. The molecule has 1 aliphatic heterocycles. The molecule has 0 aliphatic carbocycles. The van der Waals surface area contributed by atoms with E-state index in [1.54, 1.807) is 0 Å². The SMILES string of the molecule is CC(C)c1ccccc1NC(=O)CN1CCCCC1CCO. The molecule has 1 fully saturated rings. The second-order valence-corrected chi connectivity index (χ2v) is 6.42. The number of piperidine rings is 1. The van der Waals surface area contributed by atoms with Gasteiger partial charge in [-0.2, -0.15) is 0 Å². The standard InChI is InChI=1S/C18H28N2O2/c1-14(2)16-8-3-4-9-17(16)19-18(22)13-20-11-6-5-7-15(20)10-12-21/h3-4,8-9,14-15,21H,5-7,10-13H2,1-2H3,(H,19,22). The van der Waals surface area contributed by atoms with Gasteiger partial charge in [0.05, 0.1) is 6.54 Å². The number of nitrogens with one attached hydrogen (secondary N) is 1. The molecule has 1 amide bonds. The molecule has 1 saturated heterocycles. The van der Waals surface area contributed by atoms with E-state index in [2.05, 4.69) is 30.1 Å². The first kappa shape index (κ1) is 17.0. The summed E-state index contributed by atoms with van der Waals surface area (Å²) in [4.78, 5) is 14.6. The summed E-state index contributed by atoms with van der Waals surface area (Å²) in [7, 11) is 0. The lowest BCUT2D eigenvalue weighted by molar-refractivity contribution is -0.118. The molecule has 1 heterocycles. The Kier molecular flexibility index (Phi) is 6.40. The lowest BCUT2D eigenvalue weighted by Crippen LogP contribution is -2.44. The zero-order chi connectivity index (χ0) is 15.9. The number of aliphatic hydroxyl groups is 1. The number of nitrogens with zero attached hydrogens (tertiary/aromatic N) is 1.